The summed E-state index contributed by atoms with van der Waals surface area (Å²) in [6.45, 7) is 1.75. The van der Waals surface area contributed by atoms with Crippen LogP contribution >= 0.6 is 43.2 Å². The Labute approximate surface area is 134 Å². The van der Waals surface area contributed by atoms with E-state index in [-0.39, 0.29) is 5.91 Å². The molecule has 19 heavy (non-hydrogen) atoms. The van der Waals surface area contributed by atoms with E-state index in [1.54, 1.807) is 11.3 Å². The fraction of sp³-hybridized carbons (Fsp3) is 0.615. The van der Waals surface area contributed by atoms with Gasteiger partial charge in [0.05, 0.1) is 13.1 Å². The zero-order valence-corrected chi connectivity index (χ0v) is 14.7. The first kappa shape index (κ1) is 14.0. The first-order chi connectivity index (χ1) is 9.06. The van der Waals surface area contributed by atoms with E-state index in [4.69, 9.17) is 0 Å². The molecule has 3 rings (SSSR count). The Morgan fingerprint density at radius 3 is 2.74 bits per heavy atom. The van der Waals surface area contributed by atoms with Gasteiger partial charge in [-0.2, -0.15) is 0 Å². The monoisotopic (exact) mass is 406 g/mol. The van der Waals surface area contributed by atoms with E-state index in [1.165, 1.54) is 12.8 Å². The molecule has 2 aliphatic heterocycles. The molecule has 104 valence electrons. The van der Waals surface area contributed by atoms with Crippen LogP contribution in [0.2, 0.25) is 0 Å². The molecule has 6 heteroatoms. The topological polar surface area (TPSA) is 23.6 Å². The van der Waals surface area contributed by atoms with E-state index >= 15 is 0 Å². The highest BCUT2D eigenvalue weighted by atomic mass is 79.9. The number of hydrogen-bond donors (Lipinski definition) is 0. The summed E-state index contributed by atoms with van der Waals surface area (Å²) < 4.78 is 1.92. The van der Waals surface area contributed by atoms with Crippen molar-refractivity contribution in [1.29, 1.82) is 0 Å². The van der Waals surface area contributed by atoms with Crippen molar-refractivity contribution in [3.63, 3.8) is 0 Å². The highest BCUT2D eigenvalue weighted by Gasteiger charge is 2.36. The number of rotatable bonds is 1. The molecule has 0 saturated carbocycles. The minimum atomic E-state index is 0.162. The number of carbonyl (C=O) groups is 1. The molecule has 0 aliphatic carbocycles. The Balaban J connectivity index is 1.79. The minimum absolute atomic E-state index is 0.162. The second kappa shape index (κ2) is 5.47. The molecule has 3 nitrogen and oxygen atoms in total. The molecule has 0 N–H and O–H groups in total. The maximum absolute atomic E-state index is 12.6. The van der Waals surface area contributed by atoms with Crippen LogP contribution in [-0.4, -0.2) is 47.9 Å². The molecule has 2 aliphatic rings. The molecule has 0 aromatic carbocycles. The Morgan fingerprint density at radius 2 is 2.05 bits per heavy atom. The van der Waals surface area contributed by atoms with Crippen molar-refractivity contribution >= 4 is 49.1 Å². The summed E-state index contributed by atoms with van der Waals surface area (Å²) in [5, 5.41) is 0. The Bertz CT molecular complexity index is 505. The number of fused-ring (bicyclic) bond motifs is 2. The molecule has 1 aromatic heterocycles. The van der Waals surface area contributed by atoms with Crippen LogP contribution in [0.5, 0.6) is 0 Å². The zero-order valence-electron chi connectivity index (χ0n) is 10.7. The SMILES string of the molecule is CN1C2CCC1CN(C(=O)c1cc(Br)sc1Br)CC2. The van der Waals surface area contributed by atoms with Crippen LogP contribution in [0, 0.1) is 0 Å². The number of thiophene rings is 1. The van der Waals surface area contributed by atoms with E-state index in [2.05, 4.69) is 43.8 Å². The van der Waals surface area contributed by atoms with Gasteiger partial charge in [0, 0.05) is 25.2 Å². The fourth-order valence-electron chi connectivity index (χ4n) is 3.15. The van der Waals surface area contributed by atoms with Gasteiger partial charge in [0.2, 0.25) is 0 Å². The first-order valence-electron chi connectivity index (χ1n) is 6.52. The van der Waals surface area contributed by atoms with Crippen molar-refractivity contribution in [2.45, 2.75) is 31.3 Å². The van der Waals surface area contributed by atoms with E-state index < -0.39 is 0 Å². The van der Waals surface area contributed by atoms with Crippen molar-refractivity contribution in [3.05, 3.63) is 19.2 Å². The smallest absolute Gasteiger partial charge is 0.255 e. The normalized spacial score (nSPS) is 27.6. The number of nitrogens with zero attached hydrogens (tertiary/aromatic N) is 2. The quantitative estimate of drug-likeness (QED) is 0.710. The van der Waals surface area contributed by atoms with E-state index in [1.807, 2.05) is 11.0 Å². The molecule has 2 fully saturated rings. The van der Waals surface area contributed by atoms with Crippen LogP contribution in [0.1, 0.15) is 29.6 Å². The first-order valence-corrected chi connectivity index (χ1v) is 8.92. The largest absolute Gasteiger partial charge is 0.337 e. The highest BCUT2D eigenvalue weighted by molar-refractivity contribution is 9.12. The minimum Gasteiger partial charge on any atom is -0.337 e. The van der Waals surface area contributed by atoms with Crippen LogP contribution in [0.3, 0.4) is 0 Å². The Kier molecular flexibility index (Phi) is 4.04. The van der Waals surface area contributed by atoms with Gasteiger partial charge >= 0.3 is 0 Å². The van der Waals surface area contributed by atoms with E-state index in [0.717, 1.165) is 32.6 Å². The van der Waals surface area contributed by atoms with Gasteiger partial charge in [-0.05, 0) is 64.2 Å². The number of carbonyl (C=O) groups excluding carboxylic acids is 1. The molecule has 0 radical (unpaired) electrons. The molecule has 1 aromatic rings. The van der Waals surface area contributed by atoms with Crippen LogP contribution in [0.4, 0.5) is 0 Å². The molecule has 3 heterocycles. The van der Waals surface area contributed by atoms with Gasteiger partial charge in [0.15, 0.2) is 0 Å². The van der Waals surface area contributed by atoms with Gasteiger partial charge < -0.3 is 4.90 Å². The third-order valence-electron chi connectivity index (χ3n) is 4.32. The van der Waals surface area contributed by atoms with Crippen LogP contribution < -0.4 is 0 Å². The predicted molar refractivity (Wildman–Crippen MR) is 84.8 cm³/mol. The van der Waals surface area contributed by atoms with Crippen LogP contribution in [-0.2, 0) is 0 Å². The number of amides is 1. The summed E-state index contributed by atoms with van der Waals surface area (Å²) in [6.07, 6.45) is 3.61. The van der Waals surface area contributed by atoms with Crippen molar-refractivity contribution < 1.29 is 4.79 Å². The molecular formula is C13H16Br2N2OS. The number of likely N-dealkylation sites (tertiary alicyclic amines) is 1. The Hall–Kier alpha value is 0.0900. The second-order valence-corrected chi connectivity index (χ2v) is 9.08. The van der Waals surface area contributed by atoms with Gasteiger partial charge in [0.1, 0.15) is 0 Å². The third-order valence-corrected chi connectivity index (χ3v) is 6.66. The average molecular weight is 408 g/mol. The maximum Gasteiger partial charge on any atom is 0.255 e. The summed E-state index contributed by atoms with van der Waals surface area (Å²) >= 11 is 8.49. The second-order valence-electron chi connectivity index (χ2n) is 5.33. The van der Waals surface area contributed by atoms with Crippen molar-refractivity contribution in [2.75, 3.05) is 20.1 Å². The lowest BCUT2D eigenvalue weighted by Gasteiger charge is -2.25. The summed E-state index contributed by atoms with van der Waals surface area (Å²) in [4.78, 5) is 17.1. The number of halogens is 2. The van der Waals surface area contributed by atoms with Gasteiger partial charge in [-0.25, -0.2) is 0 Å². The Morgan fingerprint density at radius 1 is 1.32 bits per heavy atom. The third kappa shape index (κ3) is 2.64. The van der Waals surface area contributed by atoms with Crippen molar-refractivity contribution in [3.8, 4) is 0 Å². The summed E-state index contributed by atoms with van der Waals surface area (Å²) in [5.41, 5.74) is 0.789. The molecule has 2 saturated heterocycles. The van der Waals surface area contributed by atoms with E-state index in [9.17, 15) is 4.79 Å². The number of likely N-dealkylation sites (N-methyl/N-ethyl adjacent to an activating group) is 1. The molecule has 2 atom stereocenters. The van der Waals surface area contributed by atoms with Gasteiger partial charge in [-0.1, -0.05) is 0 Å². The lowest BCUT2D eigenvalue weighted by atomic mass is 10.1. The summed E-state index contributed by atoms with van der Waals surface area (Å²) in [5.74, 6) is 0.162. The van der Waals surface area contributed by atoms with Crippen molar-refractivity contribution in [1.82, 2.24) is 9.80 Å². The fourth-order valence-corrected chi connectivity index (χ4v) is 5.93. The van der Waals surface area contributed by atoms with Gasteiger partial charge in [-0.3, -0.25) is 9.69 Å². The highest BCUT2D eigenvalue weighted by Crippen LogP contribution is 2.34. The molecule has 2 bridgehead atoms. The summed E-state index contributed by atoms with van der Waals surface area (Å²) in [7, 11) is 2.20. The predicted octanol–water partition coefficient (Wildman–Crippen LogP) is 3.58. The molecule has 2 unspecified atom stereocenters. The molecular weight excluding hydrogens is 392 g/mol. The van der Waals surface area contributed by atoms with Gasteiger partial charge in [0.25, 0.3) is 5.91 Å². The molecule has 1 amide bonds. The summed E-state index contributed by atoms with van der Waals surface area (Å²) in [6, 6.07) is 3.13. The van der Waals surface area contributed by atoms with Crippen LogP contribution in [0.15, 0.2) is 13.6 Å². The van der Waals surface area contributed by atoms with Crippen LogP contribution in [0.25, 0.3) is 0 Å². The number of hydrogen-bond acceptors (Lipinski definition) is 3. The lowest BCUT2D eigenvalue weighted by Crippen LogP contribution is -2.39. The lowest BCUT2D eigenvalue weighted by molar-refractivity contribution is 0.0740. The average Bonchev–Trinajstić information content (AvgIpc) is 2.79. The zero-order chi connectivity index (χ0) is 13.6. The van der Waals surface area contributed by atoms with Gasteiger partial charge in [-0.15, -0.1) is 11.3 Å². The maximum atomic E-state index is 12.6. The standard InChI is InChI=1S/C13H16Br2N2OS/c1-16-8-2-3-9(16)7-17(5-4-8)13(18)10-6-11(14)19-12(10)15/h6,8-9H,2-5,7H2,1H3. The molecule has 0 spiro atoms. The van der Waals surface area contributed by atoms with Crippen molar-refractivity contribution in [2.24, 2.45) is 0 Å². The van der Waals surface area contributed by atoms with E-state index in [0.29, 0.717) is 12.1 Å².